The van der Waals surface area contributed by atoms with Gasteiger partial charge >= 0.3 is 11.7 Å². The van der Waals surface area contributed by atoms with E-state index in [1.165, 1.54) is 18.6 Å². The second kappa shape index (κ2) is 8.83. The zero-order chi connectivity index (χ0) is 22.0. The fourth-order valence-electron chi connectivity index (χ4n) is 4.31. The van der Waals surface area contributed by atoms with Crippen molar-refractivity contribution in [1.29, 1.82) is 0 Å². The number of carbonyl (C=O) groups is 1. The summed E-state index contributed by atoms with van der Waals surface area (Å²) in [7, 11) is 0. The molecule has 0 spiro atoms. The van der Waals surface area contributed by atoms with E-state index in [1.54, 1.807) is 21.3 Å². The van der Waals surface area contributed by atoms with E-state index < -0.39 is 11.8 Å². The highest BCUT2D eigenvalue weighted by Gasteiger charge is 2.21. The van der Waals surface area contributed by atoms with Crippen molar-refractivity contribution in [3.05, 3.63) is 52.7 Å². The number of piperidine rings is 1. The van der Waals surface area contributed by atoms with Crippen LogP contribution >= 0.6 is 0 Å². The number of nitrogens with one attached hydrogen (secondary N) is 2. The third-order valence-electron chi connectivity index (χ3n) is 5.80. The van der Waals surface area contributed by atoms with Crippen LogP contribution in [0.25, 0.3) is 11.0 Å². The van der Waals surface area contributed by atoms with E-state index in [0.29, 0.717) is 24.5 Å². The van der Waals surface area contributed by atoms with Gasteiger partial charge in [0.25, 0.3) is 0 Å². The van der Waals surface area contributed by atoms with Crippen molar-refractivity contribution in [3.8, 4) is 0 Å². The molecular formula is C23H28FN5O2. The summed E-state index contributed by atoms with van der Waals surface area (Å²) in [5.74, 6) is -0.416. The maximum atomic E-state index is 13.5. The Balaban J connectivity index is 1.75. The van der Waals surface area contributed by atoms with Gasteiger partial charge in [0.2, 0.25) is 0 Å². The molecule has 8 heteroatoms. The summed E-state index contributed by atoms with van der Waals surface area (Å²) in [6, 6.07) is 9.20. The number of aryl methyl sites for hydroxylation is 2. The zero-order valence-corrected chi connectivity index (χ0v) is 17.9. The number of benzene rings is 2. The van der Waals surface area contributed by atoms with Crippen LogP contribution in [0.1, 0.15) is 33.1 Å². The van der Waals surface area contributed by atoms with E-state index in [9.17, 15) is 14.0 Å². The number of hydrogen-bond donors (Lipinski definition) is 2. The zero-order valence-electron chi connectivity index (χ0n) is 17.9. The minimum Gasteiger partial charge on any atom is -0.370 e. The molecule has 1 aliphatic rings. The molecule has 0 bridgehead atoms. The van der Waals surface area contributed by atoms with Gasteiger partial charge in [-0.1, -0.05) is 6.07 Å². The first-order valence-electron chi connectivity index (χ1n) is 10.9. The molecule has 3 aromatic rings. The Labute approximate surface area is 180 Å². The molecule has 2 heterocycles. The maximum absolute atomic E-state index is 13.5. The monoisotopic (exact) mass is 425 g/mol. The molecule has 7 nitrogen and oxygen atoms in total. The second-order valence-corrected chi connectivity index (χ2v) is 7.77. The predicted octanol–water partition coefficient (Wildman–Crippen LogP) is 4.62. The summed E-state index contributed by atoms with van der Waals surface area (Å²) in [5, 5.41) is 5.61. The Morgan fingerprint density at radius 2 is 1.65 bits per heavy atom. The molecule has 0 aliphatic carbocycles. The van der Waals surface area contributed by atoms with Crippen LogP contribution in [0.15, 0.2) is 41.2 Å². The topological polar surface area (TPSA) is 71.3 Å². The number of carbonyl (C=O) groups excluding carboxylic acids is 1. The van der Waals surface area contributed by atoms with Gasteiger partial charge in [0.15, 0.2) is 0 Å². The standard InChI is InChI=1S/C23H28FN5O2/c1-3-28-20-14-18(26-22(30)25-17-10-8-9-16(24)13-17)19(27-11-6-5-7-12-27)15-21(20)29(4-2)23(28)31/h8-10,13-15H,3-7,11-12H2,1-2H3,(H2,25,26,30). The van der Waals surface area contributed by atoms with Crippen molar-refractivity contribution < 1.29 is 9.18 Å². The van der Waals surface area contributed by atoms with Crippen molar-refractivity contribution in [2.45, 2.75) is 46.2 Å². The summed E-state index contributed by atoms with van der Waals surface area (Å²) >= 11 is 0. The van der Waals surface area contributed by atoms with E-state index in [1.807, 2.05) is 26.0 Å². The Morgan fingerprint density at radius 3 is 2.29 bits per heavy atom. The number of imidazole rings is 1. The van der Waals surface area contributed by atoms with Crippen molar-refractivity contribution in [3.63, 3.8) is 0 Å². The predicted molar refractivity (Wildman–Crippen MR) is 123 cm³/mol. The van der Waals surface area contributed by atoms with Crippen molar-refractivity contribution in [2.24, 2.45) is 0 Å². The molecule has 0 radical (unpaired) electrons. The number of rotatable bonds is 5. The molecule has 2 aromatic carbocycles. The van der Waals surface area contributed by atoms with Crippen molar-refractivity contribution in [2.75, 3.05) is 28.6 Å². The molecule has 4 rings (SSSR count). The van der Waals surface area contributed by atoms with Crippen LogP contribution in [-0.2, 0) is 13.1 Å². The molecule has 0 unspecified atom stereocenters. The SMILES string of the molecule is CCn1c(=O)n(CC)c2cc(N3CCCCC3)c(NC(=O)Nc3cccc(F)c3)cc21. The average molecular weight is 426 g/mol. The summed E-state index contributed by atoms with van der Waals surface area (Å²) < 4.78 is 17.0. The minimum absolute atomic E-state index is 0.0500. The lowest BCUT2D eigenvalue weighted by Crippen LogP contribution is -2.31. The second-order valence-electron chi connectivity index (χ2n) is 7.77. The van der Waals surface area contributed by atoms with E-state index in [2.05, 4.69) is 15.5 Å². The highest BCUT2D eigenvalue weighted by molar-refractivity contribution is 6.04. The van der Waals surface area contributed by atoms with Gasteiger partial charge in [0.05, 0.1) is 22.4 Å². The number of fused-ring (bicyclic) bond motifs is 1. The summed E-state index contributed by atoms with van der Waals surface area (Å²) in [4.78, 5) is 27.8. The molecular weight excluding hydrogens is 397 g/mol. The van der Waals surface area contributed by atoms with Crippen LogP contribution in [0.4, 0.5) is 26.2 Å². The van der Waals surface area contributed by atoms with E-state index in [0.717, 1.165) is 42.7 Å². The van der Waals surface area contributed by atoms with Crippen LogP contribution in [-0.4, -0.2) is 28.3 Å². The van der Waals surface area contributed by atoms with Crippen molar-refractivity contribution in [1.82, 2.24) is 9.13 Å². The number of aromatic nitrogens is 2. The van der Waals surface area contributed by atoms with Crippen LogP contribution in [0.5, 0.6) is 0 Å². The van der Waals surface area contributed by atoms with E-state index >= 15 is 0 Å². The van der Waals surface area contributed by atoms with Crippen LogP contribution in [0.2, 0.25) is 0 Å². The highest BCUT2D eigenvalue weighted by Crippen LogP contribution is 2.33. The smallest absolute Gasteiger partial charge is 0.329 e. The first-order chi connectivity index (χ1) is 15.0. The lowest BCUT2D eigenvalue weighted by atomic mass is 10.1. The number of anilines is 3. The number of hydrogen-bond acceptors (Lipinski definition) is 3. The van der Waals surface area contributed by atoms with E-state index in [4.69, 9.17) is 0 Å². The summed E-state index contributed by atoms with van der Waals surface area (Å²) in [6.45, 7) is 6.81. The fourth-order valence-corrected chi connectivity index (χ4v) is 4.31. The number of halogens is 1. The maximum Gasteiger partial charge on any atom is 0.329 e. The molecule has 1 aliphatic heterocycles. The third kappa shape index (κ3) is 4.15. The molecule has 1 aromatic heterocycles. The average Bonchev–Trinajstić information content (AvgIpc) is 3.03. The van der Waals surface area contributed by atoms with Gasteiger partial charge in [-0.15, -0.1) is 0 Å². The van der Waals surface area contributed by atoms with Gasteiger partial charge in [0.1, 0.15) is 5.82 Å². The number of nitrogens with zero attached hydrogens (tertiary/aromatic N) is 3. The lowest BCUT2D eigenvalue weighted by molar-refractivity contribution is 0.262. The molecule has 2 N–H and O–H groups in total. The Hall–Kier alpha value is -3.29. The minimum atomic E-state index is -0.455. The normalized spacial score (nSPS) is 14.1. The molecule has 0 saturated carbocycles. The molecule has 1 saturated heterocycles. The number of amides is 2. The fraction of sp³-hybridized carbons (Fsp3) is 0.391. The summed E-state index contributed by atoms with van der Waals surface area (Å²) in [6.07, 6.45) is 3.36. The molecule has 31 heavy (non-hydrogen) atoms. The third-order valence-corrected chi connectivity index (χ3v) is 5.80. The van der Waals surface area contributed by atoms with Crippen LogP contribution in [0.3, 0.4) is 0 Å². The van der Waals surface area contributed by atoms with Gasteiger partial charge < -0.3 is 15.5 Å². The van der Waals surface area contributed by atoms with Gasteiger partial charge in [-0.2, -0.15) is 0 Å². The van der Waals surface area contributed by atoms with Crippen molar-refractivity contribution >= 4 is 34.1 Å². The Morgan fingerprint density at radius 1 is 0.968 bits per heavy atom. The summed E-state index contributed by atoms with van der Waals surface area (Å²) in [5.41, 5.74) is 3.52. The Kier molecular flexibility index (Phi) is 5.97. The molecule has 0 atom stereocenters. The lowest BCUT2D eigenvalue weighted by Gasteiger charge is -2.30. The highest BCUT2D eigenvalue weighted by atomic mass is 19.1. The van der Waals surface area contributed by atoms with E-state index in [-0.39, 0.29) is 5.69 Å². The van der Waals surface area contributed by atoms with Gasteiger partial charge in [-0.25, -0.2) is 14.0 Å². The Bertz CT molecular complexity index is 1160. The first kappa shape index (κ1) is 21.0. The van der Waals surface area contributed by atoms with Crippen LogP contribution < -0.4 is 21.2 Å². The first-order valence-corrected chi connectivity index (χ1v) is 10.9. The molecule has 2 amide bonds. The van der Waals surface area contributed by atoms with Crippen LogP contribution in [0, 0.1) is 5.82 Å². The van der Waals surface area contributed by atoms with Gasteiger partial charge in [-0.05, 0) is 63.4 Å². The number of urea groups is 1. The quantitative estimate of drug-likeness (QED) is 0.627. The largest absolute Gasteiger partial charge is 0.370 e. The molecule has 164 valence electrons. The van der Waals surface area contributed by atoms with Gasteiger partial charge in [0, 0.05) is 31.9 Å². The van der Waals surface area contributed by atoms with Gasteiger partial charge in [-0.3, -0.25) is 9.13 Å². The molecule has 1 fully saturated rings.